The second-order valence-corrected chi connectivity index (χ2v) is 14.5. The molecule has 53 heavy (non-hydrogen) atoms. The zero-order valence-corrected chi connectivity index (χ0v) is 35.0. The molecule has 0 amide bonds. The summed E-state index contributed by atoms with van der Waals surface area (Å²) in [7, 11) is 0. The van der Waals surface area contributed by atoms with E-state index in [1.54, 1.807) is 0 Å². The van der Waals surface area contributed by atoms with Crippen LogP contribution in [0.4, 0.5) is 0 Å². The highest BCUT2D eigenvalue weighted by molar-refractivity contribution is 5.69. The van der Waals surface area contributed by atoms with Crippen LogP contribution in [0.3, 0.4) is 0 Å². The van der Waals surface area contributed by atoms with Crippen molar-refractivity contribution in [2.24, 2.45) is 0 Å². The summed E-state index contributed by atoms with van der Waals surface area (Å²) >= 11 is 0. The number of nitrogens with zero attached hydrogens (tertiary/aromatic N) is 1. The maximum absolute atomic E-state index is 12.5. The highest BCUT2D eigenvalue weighted by Crippen LogP contribution is 2.12. The van der Waals surface area contributed by atoms with Crippen LogP contribution in [-0.2, 0) is 28.5 Å². The molecule has 0 bridgehead atoms. The van der Waals surface area contributed by atoms with Crippen molar-refractivity contribution in [3.05, 3.63) is 24.3 Å². The number of ether oxygens (including phenoxy) is 4. The largest absolute Gasteiger partial charge is 0.466 e. The molecule has 0 aliphatic rings. The highest BCUT2D eigenvalue weighted by atomic mass is 16.7. The van der Waals surface area contributed by atoms with Crippen molar-refractivity contribution in [1.29, 1.82) is 0 Å². The van der Waals surface area contributed by atoms with E-state index in [4.69, 9.17) is 18.9 Å². The van der Waals surface area contributed by atoms with Gasteiger partial charge in [0.25, 0.3) is 0 Å². The van der Waals surface area contributed by atoms with Crippen LogP contribution in [0.5, 0.6) is 0 Å². The van der Waals surface area contributed by atoms with Gasteiger partial charge in [-0.1, -0.05) is 116 Å². The van der Waals surface area contributed by atoms with Crippen LogP contribution >= 0.6 is 0 Å². The van der Waals surface area contributed by atoms with Gasteiger partial charge in [0.1, 0.15) is 0 Å². The van der Waals surface area contributed by atoms with Gasteiger partial charge in [0, 0.05) is 32.6 Å². The smallest absolute Gasteiger partial charge is 0.305 e. The summed E-state index contributed by atoms with van der Waals surface area (Å²) < 4.78 is 23.0. The molecule has 0 saturated carbocycles. The van der Waals surface area contributed by atoms with Gasteiger partial charge in [-0.15, -0.1) is 0 Å². The minimum Gasteiger partial charge on any atom is -0.466 e. The Hall–Kier alpha value is -1.74. The number of allylic oxidation sites excluding steroid dienone is 4. The van der Waals surface area contributed by atoms with Crippen LogP contribution in [0.1, 0.15) is 194 Å². The maximum atomic E-state index is 12.5. The Morgan fingerprint density at radius 3 is 1.47 bits per heavy atom. The first-order chi connectivity index (χ1) is 26.1. The molecule has 0 heterocycles. The lowest BCUT2D eigenvalue weighted by Gasteiger charge is -2.21. The summed E-state index contributed by atoms with van der Waals surface area (Å²) in [6.07, 6.45) is 36.4. The average Bonchev–Trinajstić information content (AvgIpc) is 3.15. The van der Waals surface area contributed by atoms with Crippen molar-refractivity contribution in [3.63, 3.8) is 0 Å². The van der Waals surface area contributed by atoms with E-state index in [-0.39, 0.29) is 24.8 Å². The molecular weight excluding hydrogens is 666 g/mol. The molecule has 0 saturated heterocycles. The van der Waals surface area contributed by atoms with E-state index in [1.165, 1.54) is 32.1 Å². The van der Waals surface area contributed by atoms with Gasteiger partial charge in [-0.25, -0.2) is 0 Å². The lowest BCUT2D eigenvalue weighted by molar-refractivity contribution is -0.159. The first-order valence-electron chi connectivity index (χ1n) is 22.2. The number of carbonyl (C=O) groups excluding carboxylic acids is 2. The molecule has 8 heteroatoms. The monoisotopic (exact) mass is 752 g/mol. The van der Waals surface area contributed by atoms with E-state index in [9.17, 15) is 14.7 Å². The van der Waals surface area contributed by atoms with Crippen molar-refractivity contribution < 1.29 is 33.6 Å². The zero-order chi connectivity index (χ0) is 38.7. The quantitative estimate of drug-likeness (QED) is 0.0285. The van der Waals surface area contributed by atoms with Crippen LogP contribution < -0.4 is 0 Å². The first kappa shape index (κ1) is 51.3. The molecule has 0 aliphatic carbocycles. The summed E-state index contributed by atoms with van der Waals surface area (Å²) in [5.41, 5.74) is 0. The lowest BCUT2D eigenvalue weighted by atomic mass is 10.1. The molecular formula is C45H85NO7. The molecule has 0 rings (SSSR count). The van der Waals surface area contributed by atoms with Gasteiger partial charge in [-0.05, 0) is 96.6 Å². The Kier molecular flexibility index (Phi) is 41.6. The van der Waals surface area contributed by atoms with Gasteiger partial charge >= 0.3 is 11.9 Å². The standard InChI is InChI=1S/C45H85NO7/c1-4-7-10-13-16-23-28-39-50-43(48)32-25-18-17-19-26-35-46(37-38-47)36-27-20-24-29-40-51-44(49)33-34-45(52-41-30-21-14-11-8-5-2)53-42-31-22-15-12-9-6-3/h8-9,11-12,45,47H,4-7,10,13-42H2,1-3H3/b11-8+,12-9+. The summed E-state index contributed by atoms with van der Waals surface area (Å²) in [6, 6.07) is 0. The SMILES string of the molecule is CC/C=C/CCCCOC(CCC(=O)OCCCCCCN(CCO)CCCCCCCC(=O)OCCCCCCCCC)OCCCC/C=C/CC. The maximum Gasteiger partial charge on any atom is 0.305 e. The molecule has 0 aliphatic heterocycles. The van der Waals surface area contributed by atoms with Crippen molar-refractivity contribution in [1.82, 2.24) is 4.90 Å². The average molecular weight is 752 g/mol. The van der Waals surface area contributed by atoms with E-state index in [1.807, 2.05) is 0 Å². The van der Waals surface area contributed by atoms with Crippen molar-refractivity contribution in [2.75, 3.05) is 52.7 Å². The van der Waals surface area contributed by atoms with Crippen LogP contribution in [0.2, 0.25) is 0 Å². The zero-order valence-electron chi connectivity index (χ0n) is 35.0. The third-order valence-corrected chi connectivity index (χ3v) is 9.44. The van der Waals surface area contributed by atoms with Gasteiger partial charge in [0.05, 0.1) is 26.2 Å². The van der Waals surface area contributed by atoms with E-state index in [0.717, 1.165) is 135 Å². The van der Waals surface area contributed by atoms with Gasteiger partial charge in [-0.3, -0.25) is 9.59 Å². The van der Waals surface area contributed by atoms with Crippen LogP contribution in [0.15, 0.2) is 24.3 Å². The number of rotatable bonds is 42. The fourth-order valence-corrected chi connectivity index (χ4v) is 6.16. The number of aliphatic hydroxyl groups excluding tert-OH is 1. The van der Waals surface area contributed by atoms with Crippen molar-refractivity contribution >= 4 is 11.9 Å². The number of hydrogen-bond donors (Lipinski definition) is 1. The van der Waals surface area contributed by atoms with Crippen LogP contribution in [-0.4, -0.2) is 80.9 Å². The minimum atomic E-state index is -0.359. The van der Waals surface area contributed by atoms with Crippen molar-refractivity contribution in [3.8, 4) is 0 Å². The van der Waals surface area contributed by atoms with E-state index in [2.05, 4.69) is 50.0 Å². The number of esters is 2. The molecule has 0 fully saturated rings. The molecule has 0 spiro atoms. The predicted octanol–water partition coefficient (Wildman–Crippen LogP) is 11.4. The van der Waals surface area contributed by atoms with Gasteiger partial charge in [-0.2, -0.15) is 0 Å². The summed E-state index contributed by atoms with van der Waals surface area (Å²) in [5.74, 6) is -0.221. The molecule has 1 N–H and O–H groups in total. The first-order valence-corrected chi connectivity index (χ1v) is 22.2. The summed E-state index contributed by atoms with van der Waals surface area (Å²) in [6.45, 7) is 11.7. The number of carbonyl (C=O) groups is 2. The Balaban J connectivity index is 3.98. The lowest BCUT2D eigenvalue weighted by Crippen LogP contribution is -2.29. The van der Waals surface area contributed by atoms with Gasteiger partial charge in [0.2, 0.25) is 0 Å². The Labute approximate surface area is 327 Å². The topological polar surface area (TPSA) is 94.5 Å². The highest BCUT2D eigenvalue weighted by Gasteiger charge is 2.13. The molecule has 312 valence electrons. The third kappa shape index (κ3) is 39.8. The molecule has 0 radical (unpaired) electrons. The normalized spacial score (nSPS) is 11.9. The van der Waals surface area contributed by atoms with Crippen LogP contribution in [0, 0.1) is 0 Å². The Morgan fingerprint density at radius 2 is 0.962 bits per heavy atom. The fraction of sp³-hybridized carbons (Fsp3) is 0.867. The molecule has 0 atom stereocenters. The van der Waals surface area contributed by atoms with Gasteiger partial charge < -0.3 is 29.0 Å². The van der Waals surface area contributed by atoms with Crippen LogP contribution in [0.25, 0.3) is 0 Å². The molecule has 0 aromatic heterocycles. The molecule has 8 nitrogen and oxygen atoms in total. The fourth-order valence-electron chi connectivity index (χ4n) is 6.16. The minimum absolute atomic E-state index is 0.0442. The summed E-state index contributed by atoms with van der Waals surface area (Å²) in [5, 5.41) is 9.53. The number of unbranched alkanes of at least 4 members (excludes halogenated alkanes) is 17. The second kappa shape index (κ2) is 43.0. The number of aliphatic hydroxyl groups is 1. The van der Waals surface area contributed by atoms with E-state index in [0.29, 0.717) is 52.2 Å². The number of hydrogen-bond acceptors (Lipinski definition) is 8. The molecule has 0 unspecified atom stereocenters. The van der Waals surface area contributed by atoms with Gasteiger partial charge in [0.15, 0.2) is 6.29 Å². The molecule has 0 aromatic rings. The van der Waals surface area contributed by atoms with E-state index >= 15 is 0 Å². The second-order valence-electron chi connectivity index (χ2n) is 14.5. The summed E-state index contributed by atoms with van der Waals surface area (Å²) in [4.78, 5) is 26.8. The Bertz CT molecular complexity index is 810. The van der Waals surface area contributed by atoms with Crippen molar-refractivity contribution in [2.45, 2.75) is 200 Å². The predicted molar refractivity (Wildman–Crippen MR) is 221 cm³/mol. The third-order valence-electron chi connectivity index (χ3n) is 9.44. The molecule has 0 aromatic carbocycles. The Morgan fingerprint density at radius 1 is 0.509 bits per heavy atom. The van der Waals surface area contributed by atoms with E-state index < -0.39 is 0 Å².